The fourth-order valence-electron chi connectivity index (χ4n) is 3.57. The number of benzene rings is 2. The van der Waals surface area contributed by atoms with E-state index in [1.165, 1.54) is 27.8 Å². The smallest absolute Gasteiger partial charge is 0.127 e. The van der Waals surface area contributed by atoms with Gasteiger partial charge in [-0.2, -0.15) is 0 Å². The fraction of sp³-hybridized carbons (Fsp3) is 0.300. The lowest BCUT2D eigenvalue weighted by Gasteiger charge is -2.27. The Morgan fingerprint density at radius 1 is 1.00 bits per heavy atom. The number of hydrogen-bond donors (Lipinski definition) is 0. The number of ether oxygens (including phenoxy) is 1. The van der Waals surface area contributed by atoms with E-state index >= 15 is 0 Å². The van der Waals surface area contributed by atoms with Gasteiger partial charge in [-0.05, 0) is 42.7 Å². The zero-order valence-corrected chi connectivity index (χ0v) is 13.5. The standard InChI is InChI=1S/C20H20BNO/c1-22-10-8-14(9-11-22)20-17-5-3-2-4-15(17)13-23-19-12-16(21)6-7-18(19)20/h2-7,12H,8-11,13H2,1H3. The van der Waals surface area contributed by atoms with Crippen molar-refractivity contribution >= 4 is 18.9 Å². The highest BCUT2D eigenvalue weighted by atomic mass is 16.5. The molecule has 2 heterocycles. The number of rotatable bonds is 0. The highest BCUT2D eigenvalue weighted by Gasteiger charge is 2.23. The monoisotopic (exact) mass is 301 g/mol. The molecule has 1 saturated heterocycles. The van der Waals surface area contributed by atoms with Crippen molar-refractivity contribution in [1.29, 1.82) is 0 Å². The molecule has 0 bridgehead atoms. The molecule has 0 aromatic heterocycles. The van der Waals surface area contributed by atoms with Crippen LogP contribution in [0, 0.1) is 0 Å². The van der Waals surface area contributed by atoms with Crippen LogP contribution in [0.5, 0.6) is 5.75 Å². The van der Waals surface area contributed by atoms with Crippen LogP contribution >= 0.6 is 0 Å². The minimum Gasteiger partial charge on any atom is -0.488 e. The Bertz CT molecular complexity index is 771. The lowest BCUT2D eigenvalue weighted by Crippen LogP contribution is -2.27. The average Bonchev–Trinajstić information content (AvgIpc) is 2.72. The summed E-state index contributed by atoms with van der Waals surface area (Å²) >= 11 is 0. The molecule has 114 valence electrons. The van der Waals surface area contributed by atoms with Crippen molar-refractivity contribution in [2.24, 2.45) is 0 Å². The van der Waals surface area contributed by atoms with Crippen LogP contribution in [0.15, 0.2) is 48.0 Å². The molecule has 2 aliphatic rings. The van der Waals surface area contributed by atoms with Gasteiger partial charge in [0, 0.05) is 18.7 Å². The topological polar surface area (TPSA) is 12.5 Å². The van der Waals surface area contributed by atoms with Gasteiger partial charge in [-0.1, -0.05) is 47.4 Å². The van der Waals surface area contributed by atoms with Crippen molar-refractivity contribution < 1.29 is 4.74 Å². The Morgan fingerprint density at radius 2 is 1.78 bits per heavy atom. The van der Waals surface area contributed by atoms with E-state index < -0.39 is 0 Å². The molecule has 0 aliphatic carbocycles. The van der Waals surface area contributed by atoms with E-state index in [2.05, 4.69) is 42.3 Å². The van der Waals surface area contributed by atoms with Gasteiger partial charge >= 0.3 is 0 Å². The molecule has 0 unspecified atom stereocenters. The van der Waals surface area contributed by atoms with Crippen LogP contribution in [0.3, 0.4) is 0 Å². The third-order valence-electron chi connectivity index (χ3n) is 4.89. The largest absolute Gasteiger partial charge is 0.488 e. The van der Waals surface area contributed by atoms with Gasteiger partial charge in [-0.15, -0.1) is 0 Å². The maximum absolute atomic E-state index is 6.07. The molecule has 1 fully saturated rings. The normalized spacial score (nSPS) is 18.0. The molecule has 2 aromatic carbocycles. The first-order valence-corrected chi connectivity index (χ1v) is 8.24. The Balaban J connectivity index is 1.94. The van der Waals surface area contributed by atoms with Gasteiger partial charge in [0.2, 0.25) is 0 Å². The molecule has 2 radical (unpaired) electrons. The molecule has 0 atom stereocenters. The molecule has 23 heavy (non-hydrogen) atoms. The van der Waals surface area contributed by atoms with Crippen LogP contribution in [0.25, 0.3) is 5.57 Å². The number of piperidine rings is 1. The Kier molecular flexibility index (Phi) is 3.74. The van der Waals surface area contributed by atoms with Gasteiger partial charge in [0.25, 0.3) is 0 Å². The first-order valence-electron chi connectivity index (χ1n) is 8.24. The van der Waals surface area contributed by atoms with Crippen LogP contribution in [0.1, 0.15) is 29.5 Å². The lowest BCUT2D eigenvalue weighted by atomic mass is 9.85. The van der Waals surface area contributed by atoms with Crippen LogP contribution < -0.4 is 10.2 Å². The van der Waals surface area contributed by atoms with Crippen molar-refractivity contribution in [3.05, 3.63) is 64.7 Å². The first-order chi connectivity index (χ1) is 11.2. The molecule has 2 aliphatic heterocycles. The maximum Gasteiger partial charge on any atom is 0.127 e. The van der Waals surface area contributed by atoms with E-state index in [1.807, 2.05) is 12.1 Å². The maximum atomic E-state index is 6.07. The number of likely N-dealkylation sites (tertiary alicyclic amines) is 1. The summed E-state index contributed by atoms with van der Waals surface area (Å²) in [7, 11) is 8.17. The number of hydrogen-bond acceptors (Lipinski definition) is 2. The van der Waals surface area contributed by atoms with Crippen LogP contribution in [0.4, 0.5) is 0 Å². The molecule has 0 spiro atoms. The highest BCUT2D eigenvalue weighted by Crippen LogP contribution is 2.40. The molecule has 2 nitrogen and oxygen atoms in total. The minimum atomic E-state index is 0.601. The van der Waals surface area contributed by atoms with Gasteiger partial charge in [-0.25, -0.2) is 0 Å². The van der Waals surface area contributed by atoms with Gasteiger partial charge in [0.15, 0.2) is 0 Å². The molecule has 2 aromatic rings. The quantitative estimate of drug-likeness (QED) is 0.694. The van der Waals surface area contributed by atoms with Crippen molar-refractivity contribution in [2.45, 2.75) is 19.4 Å². The average molecular weight is 301 g/mol. The zero-order chi connectivity index (χ0) is 15.8. The second-order valence-electron chi connectivity index (χ2n) is 6.48. The van der Waals surface area contributed by atoms with E-state index in [-0.39, 0.29) is 0 Å². The van der Waals surface area contributed by atoms with Crippen molar-refractivity contribution in [2.75, 3.05) is 20.1 Å². The van der Waals surface area contributed by atoms with E-state index in [0.717, 1.165) is 37.1 Å². The van der Waals surface area contributed by atoms with Crippen molar-refractivity contribution in [3.8, 4) is 5.75 Å². The Labute approximate surface area is 139 Å². The SMILES string of the molecule is [B]c1ccc2c(c1)OCc1ccccc1C2=C1CCN(C)CC1. The number of nitrogens with zero attached hydrogens (tertiary/aromatic N) is 1. The molecule has 0 N–H and O–H groups in total. The van der Waals surface area contributed by atoms with Gasteiger partial charge in [-0.3, -0.25) is 0 Å². The predicted molar refractivity (Wildman–Crippen MR) is 95.4 cm³/mol. The van der Waals surface area contributed by atoms with E-state index in [1.54, 1.807) is 0 Å². The van der Waals surface area contributed by atoms with E-state index in [9.17, 15) is 0 Å². The van der Waals surface area contributed by atoms with Crippen LogP contribution in [0.2, 0.25) is 0 Å². The Hall–Kier alpha value is -2.00. The second kappa shape index (κ2) is 5.90. The highest BCUT2D eigenvalue weighted by molar-refractivity contribution is 6.32. The van der Waals surface area contributed by atoms with Crippen LogP contribution in [-0.2, 0) is 6.61 Å². The third-order valence-corrected chi connectivity index (χ3v) is 4.89. The van der Waals surface area contributed by atoms with Gasteiger partial charge in [0.1, 0.15) is 20.2 Å². The Morgan fingerprint density at radius 3 is 2.61 bits per heavy atom. The van der Waals surface area contributed by atoms with Gasteiger partial charge < -0.3 is 9.64 Å². The van der Waals surface area contributed by atoms with Gasteiger partial charge in [0.05, 0.1) is 0 Å². The molecule has 4 rings (SSSR count). The zero-order valence-electron chi connectivity index (χ0n) is 13.5. The van der Waals surface area contributed by atoms with E-state index in [0.29, 0.717) is 6.61 Å². The fourth-order valence-corrected chi connectivity index (χ4v) is 3.57. The third kappa shape index (κ3) is 2.70. The summed E-state index contributed by atoms with van der Waals surface area (Å²) in [6.45, 7) is 2.83. The molecule has 0 amide bonds. The van der Waals surface area contributed by atoms with Crippen molar-refractivity contribution in [3.63, 3.8) is 0 Å². The summed E-state index contributed by atoms with van der Waals surface area (Å²) < 4.78 is 6.07. The predicted octanol–water partition coefficient (Wildman–Crippen LogP) is 2.90. The second-order valence-corrected chi connectivity index (χ2v) is 6.48. The molecule has 0 saturated carbocycles. The summed E-state index contributed by atoms with van der Waals surface area (Å²) in [6, 6.07) is 14.7. The summed E-state index contributed by atoms with van der Waals surface area (Å²) in [4.78, 5) is 2.40. The molecule has 3 heteroatoms. The van der Waals surface area contributed by atoms with E-state index in [4.69, 9.17) is 12.6 Å². The summed E-state index contributed by atoms with van der Waals surface area (Å²) in [5.74, 6) is 0.905. The summed E-state index contributed by atoms with van der Waals surface area (Å²) in [6.07, 6.45) is 2.23. The number of fused-ring (bicyclic) bond motifs is 2. The van der Waals surface area contributed by atoms with Crippen molar-refractivity contribution in [1.82, 2.24) is 4.90 Å². The molecular weight excluding hydrogens is 281 g/mol. The minimum absolute atomic E-state index is 0.601. The van der Waals surface area contributed by atoms with Crippen LogP contribution in [-0.4, -0.2) is 32.9 Å². The molecular formula is C20H20BNO. The summed E-state index contributed by atoms with van der Waals surface area (Å²) in [5.41, 5.74) is 7.40. The first kappa shape index (κ1) is 14.6. The summed E-state index contributed by atoms with van der Waals surface area (Å²) in [5, 5.41) is 0. The lowest BCUT2D eigenvalue weighted by molar-refractivity contribution is 0.307.